The minimum Gasteiger partial charge on any atom is -0.457 e. The molecule has 43 heavy (non-hydrogen) atoms. The molecular weight excluding hydrogens is 549 g/mol. The second-order valence-electron chi connectivity index (χ2n) is 10.3. The zero-order chi connectivity index (χ0) is 29.6. The molecule has 1 amide bonds. The van der Waals surface area contributed by atoms with Crippen LogP contribution >= 0.6 is 0 Å². The highest BCUT2D eigenvalue weighted by molar-refractivity contribution is 5.92. The van der Waals surface area contributed by atoms with Gasteiger partial charge in [-0.15, -0.1) is 0 Å². The van der Waals surface area contributed by atoms with Crippen LogP contribution in [0.5, 0.6) is 11.5 Å². The molecular formula is C32H32FN7O3. The van der Waals surface area contributed by atoms with Crippen molar-refractivity contribution in [2.24, 2.45) is 0 Å². The number of aromatic amines is 1. The van der Waals surface area contributed by atoms with Gasteiger partial charge in [0, 0.05) is 62.5 Å². The van der Waals surface area contributed by atoms with Crippen molar-refractivity contribution in [1.82, 2.24) is 30.2 Å². The Bertz CT molecular complexity index is 1740. The zero-order valence-electron chi connectivity index (χ0n) is 23.8. The van der Waals surface area contributed by atoms with Gasteiger partial charge in [0.2, 0.25) is 5.95 Å². The number of pyridine rings is 2. The number of fused-ring (bicyclic) bond motifs is 1. The van der Waals surface area contributed by atoms with Crippen LogP contribution in [0.1, 0.15) is 21.9 Å². The van der Waals surface area contributed by atoms with E-state index in [1.807, 2.05) is 43.3 Å². The van der Waals surface area contributed by atoms with E-state index < -0.39 is 5.95 Å². The third kappa shape index (κ3) is 7.14. The molecule has 1 saturated heterocycles. The number of ether oxygens (including phenoxy) is 2. The molecule has 11 heteroatoms. The molecule has 0 bridgehead atoms. The van der Waals surface area contributed by atoms with Crippen molar-refractivity contribution >= 4 is 22.6 Å². The standard InChI is InChI=1S/C32H32FN7O3/c1-21-2-3-23(17-26(21)22-6-8-35-30(33)16-22)37-20-31-38-27-5-4-24(18-28(27)39-31)43-25-7-9-34-29(19-25)32(41)36-10-11-40-12-14-42-15-13-40/h2-9,16-19,37H,10-15,20H2,1H3,(H,36,41)(H,38,39). The Morgan fingerprint density at radius 2 is 1.86 bits per heavy atom. The highest BCUT2D eigenvalue weighted by Gasteiger charge is 2.13. The van der Waals surface area contributed by atoms with Gasteiger partial charge in [0.05, 0.1) is 30.8 Å². The topological polar surface area (TPSA) is 117 Å². The lowest BCUT2D eigenvalue weighted by Gasteiger charge is -2.26. The minimum absolute atomic E-state index is 0.242. The number of morpholine rings is 1. The number of hydrogen-bond donors (Lipinski definition) is 3. The summed E-state index contributed by atoms with van der Waals surface area (Å²) in [5.41, 5.74) is 5.55. The van der Waals surface area contributed by atoms with Crippen LogP contribution in [0.15, 0.2) is 73.1 Å². The number of halogens is 1. The summed E-state index contributed by atoms with van der Waals surface area (Å²) in [7, 11) is 0. The lowest BCUT2D eigenvalue weighted by atomic mass is 10.0. The predicted molar refractivity (Wildman–Crippen MR) is 162 cm³/mol. The van der Waals surface area contributed by atoms with Crippen LogP contribution in [0.2, 0.25) is 0 Å². The largest absolute Gasteiger partial charge is 0.457 e. The van der Waals surface area contributed by atoms with Crippen LogP contribution in [0.25, 0.3) is 22.2 Å². The van der Waals surface area contributed by atoms with Crippen LogP contribution < -0.4 is 15.4 Å². The van der Waals surface area contributed by atoms with Gasteiger partial charge in [-0.3, -0.25) is 14.7 Å². The fourth-order valence-electron chi connectivity index (χ4n) is 4.97. The maximum absolute atomic E-state index is 13.7. The summed E-state index contributed by atoms with van der Waals surface area (Å²) < 4.78 is 25.1. The molecule has 220 valence electrons. The molecule has 3 aromatic heterocycles. The summed E-state index contributed by atoms with van der Waals surface area (Å²) in [5, 5.41) is 6.32. The number of anilines is 1. The number of carbonyl (C=O) groups is 1. The molecule has 0 atom stereocenters. The first-order valence-corrected chi connectivity index (χ1v) is 14.2. The number of imidazole rings is 1. The number of amides is 1. The van der Waals surface area contributed by atoms with Crippen LogP contribution in [-0.2, 0) is 11.3 Å². The molecule has 1 aliphatic rings. The molecule has 0 unspecified atom stereocenters. The second kappa shape index (κ2) is 13.0. The van der Waals surface area contributed by atoms with Gasteiger partial charge in [0.1, 0.15) is 23.0 Å². The van der Waals surface area contributed by atoms with Crippen molar-refractivity contribution in [2.75, 3.05) is 44.7 Å². The molecule has 0 spiro atoms. The van der Waals surface area contributed by atoms with E-state index in [1.165, 1.54) is 12.3 Å². The Balaban J connectivity index is 1.07. The van der Waals surface area contributed by atoms with Crippen LogP contribution in [0.4, 0.5) is 10.1 Å². The van der Waals surface area contributed by atoms with Gasteiger partial charge in [-0.1, -0.05) is 6.07 Å². The number of nitrogens with one attached hydrogen (secondary N) is 3. The summed E-state index contributed by atoms with van der Waals surface area (Å²) >= 11 is 0. The van der Waals surface area contributed by atoms with Crippen molar-refractivity contribution in [1.29, 1.82) is 0 Å². The number of H-pyrrole nitrogens is 1. The van der Waals surface area contributed by atoms with Crippen LogP contribution in [0, 0.1) is 12.9 Å². The maximum atomic E-state index is 13.7. The number of rotatable bonds is 10. The Morgan fingerprint density at radius 1 is 1.02 bits per heavy atom. The van der Waals surface area contributed by atoms with Crippen molar-refractivity contribution in [3.05, 3.63) is 96.1 Å². The Hall–Kier alpha value is -4.87. The second-order valence-corrected chi connectivity index (χ2v) is 10.3. The number of hydrogen-bond acceptors (Lipinski definition) is 8. The van der Waals surface area contributed by atoms with Gasteiger partial charge in [0.25, 0.3) is 5.91 Å². The number of carbonyl (C=O) groups excluding carboxylic acids is 1. The van der Waals surface area contributed by atoms with Crippen molar-refractivity contribution in [2.45, 2.75) is 13.5 Å². The molecule has 6 rings (SSSR count). The first kappa shape index (κ1) is 28.3. The molecule has 10 nitrogen and oxygen atoms in total. The van der Waals surface area contributed by atoms with E-state index in [0.717, 1.165) is 72.1 Å². The summed E-state index contributed by atoms with van der Waals surface area (Å²) in [6, 6.07) is 18.1. The van der Waals surface area contributed by atoms with E-state index >= 15 is 0 Å². The van der Waals surface area contributed by atoms with Gasteiger partial charge >= 0.3 is 0 Å². The fourth-order valence-corrected chi connectivity index (χ4v) is 4.97. The first-order valence-electron chi connectivity index (χ1n) is 14.2. The van der Waals surface area contributed by atoms with E-state index in [9.17, 15) is 9.18 Å². The zero-order valence-corrected chi connectivity index (χ0v) is 23.8. The summed E-state index contributed by atoms with van der Waals surface area (Å²) in [5.74, 6) is 1.12. The molecule has 2 aromatic carbocycles. The third-order valence-corrected chi connectivity index (χ3v) is 7.25. The fraction of sp³-hybridized carbons (Fsp3) is 0.250. The summed E-state index contributed by atoms with van der Waals surface area (Å²) in [4.78, 5) is 30.8. The lowest BCUT2D eigenvalue weighted by Crippen LogP contribution is -2.41. The Kier molecular flexibility index (Phi) is 8.52. The van der Waals surface area contributed by atoms with Gasteiger partial charge < -0.3 is 25.1 Å². The van der Waals surface area contributed by atoms with E-state index in [2.05, 4.69) is 35.5 Å². The number of aromatic nitrogens is 4. The average molecular weight is 582 g/mol. The quantitative estimate of drug-likeness (QED) is 0.199. The number of benzene rings is 2. The monoisotopic (exact) mass is 581 g/mol. The van der Waals surface area contributed by atoms with Gasteiger partial charge in [-0.25, -0.2) is 9.97 Å². The van der Waals surface area contributed by atoms with Crippen LogP contribution in [0.3, 0.4) is 0 Å². The van der Waals surface area contributed by atoms with Crippen molar-refractivity contribution in [3.63, 3.8) is 0 Å². The number of nitrogens with zero attached hydrogens (tertiary/aromatic N) is 4. The van der Waals surface area contributed by atoms with Gasteiger partial charge in [0.15, 0.2) is 0 Å². The predicted octanol–water partition coefficient (Wildman–Crippen LogP) is 4.93. The normalized spacial score (nSPS) is 13.6. The average Bonchev–Trinajstić information content (AvgIpc) is 3.43. The molecule has 4 heterocycles. The van der Waals surface area contributed by atoms with E-state index in [1.54, 1.807) is 24.4 Å². The third-order valence-electron chi connectivity index (χ3n) is 7.25. The van der Waals surface area contributed by atoms with Gasteiger partial charge in [-0.05, 0) is 60.0 Å². The smallest absolute Gasteiger partial charge is 0.270 e. The van der Waals surface area contributed by atoms with E-state index in [0.29, 0.717) is 30.3 Å². The highest BCUT2D eigenvalue weighted by Crippen LogP contribution is 2.28. The van der Waals surface area contributed by atoms with Gasteiger partial charge in [-0.2, -0.15) is 4.39 Å². The molecule has 0 aliphatic carbocycles. The van der Waals surface area contributed by atoms with E-state index in [-0.39, 0.29) is 5.91 Å². The minimum atomic E-state index is -0.508. The summed E-state index contributed by atoms with van der Waals surface area (Å²) in [6.07, 6.45) is 3.03. The SMILES string of the molecule is Cc1ccc(NCc2nc3ccc(Oc4ccnc(C(=O)NCCN5CCOCC5)c4)cc3[nH]2)cc1-c1ccnc(F)c1. The van der Waals surface area contributed by atoms with E-state index in [4.69, 9.17) is 9.47 Å². The van der Waals surface area contributed by atoms with Crippen molar-refractivity contribution < 1.29 is 18.7 Å². The molecule has 3 N–H and O–H groups in total. The maximum Gasteiger partial charge on any atom is 0.270 e. The molecule has 5 aromatic rings. The molecule has 0 radical (unpaired) electrons. The van der Waals surface area contributed by atoms with Crippen LogP contribution in [-0.4, -0.2) is 70.1 Å². The molecule has 0 saturated carbocycles. The molecule has 1 fully saturated rings. The lowest BCUT2D eigenvalue weighted by molar-refractivity contribution is 0.0383. The Labute approximate surface area is 248 Å². The molecule has 1 aliphatic heterocycles. The summed E-state index contributed by atoms with van der Waals surface area (Å²) in [6.45, 7) is 6.96. The highest BCUT2D eigenvalue weighted by atomic mass is 19.1. The van der Waals surface area contributed by atoms with Crippen molar-refractivity contribution in [3.8, 4) is 22.6 Å². The number of aryl methyl sites for hydroxylation is 1. The Morgan fingerprint density at radius 3 is 2.72 bits per heavy atom. The first-order chi connectivity index (χ1) is 21.0.